The number of nitrogens with one attached hydrogen (secondary N) is 1. The van der Waals surface area contributed by atoms with Crippen molar-refractivity contribution < 1.29 is 5.11 Å². The van der Waals surface area contributed by atoms with E-state index in [0.29, 0.717) is 0 Å². The molecule has 0 radical (unpaired) electrons. The summed E-state index contributed by atoms with van der Waals surface area (Å²) in [4.78, 5) is 0. The molecule has 0 spiro atoms. The van der Waals surface area contributed by atoms with Crippen molar-refractivity contribution >= 4 is 12.4 Å². The molecule has 0 aromatic heterocycles. The monoisotopic (exact) mass is 135 g/mol. The summed E-state index contributed by atoms with van der Waals surface area (Å²) in [5, 5.41) is 11.8. The maximum atomic E-state index is 8.78. The van der Waals surface area contributed by atoms with Gasteiger partial charge in [-0.2, -0.15) is 0 Å². The van der Waals surface area contributed by atoms with Crippen LogP contribution in [0.4, 0.5) is 0 Å². The minimum atomic E-state index is -0.207. The first-order valence-corrected chi connectivity index (χ1v) is 2.48. The molecule has 1 atom stereocenters. The van der Waals surface area contributed by atoms with Crippen molar-refractivity contribution in [3.63, 3.8) is 0 Å². The predicted molar refractivity (Wildman–Crippen MR) is 35.0 cm³/mol. The van der Waals surface area contributed by atoms with Gasteiger partial charge in [0.15, 0.2) is 0 Å². The van der Waals surface area contributed by atoms with Crippen molar-refractivity contribution in [2.24, 2.45) is 0 Å². The lowest BCUT2D eigenvalue weighted by atomic mass is 10.2. The van der Waals surface area contributed by atoms with Gasteiger partial charge in [-0.05, 0) is 18.7 Å². The molecule has 0 aliphatic carbocycles. The normalized spacial score (nSPS) is 25.9. The minimum Gasteiger partial charge on any atom is -0.391 e. The highest BCUT2D eigenvalue weighted by Gasteiger charge is 1.99. The lowest BCUT2D eigenvalue weighted by Gasteiger charge is -2.09. The van der Waals surface area contributed by atoms with Crippen molar-refractivity contribution in [1.82, 2.24) is 5.32 Å². The van der Waals surface area contributed by atoms with Gasteiger partial charge in [-0.3, -0.25) is 0 Å². The fourth-order valence-corrected chi connectivity index (χ4v) is 0.590. The van der Waals surface area contributed by atoms with Gasteiger partial charge < -0.3 is 10.4 Å². The highest BCUT2D eigenvalue weighted by Crippen LogP contribution is 1.94. The minimum absolute atomic E-state index is 0. The smallest absolute Gasteiger partial charge is 0.0754 e. The summed E-state index contributed by atoms with van der Waals surface area (Å²) in [5.41, 5.74) is 0. The van der Waals surface area contributed by atoms with Crippen LogP contribution in [0.2, 0.25) is 0 Å². The third-order valence-electron chi connectivity index (χ3n) is 1.02. The van der Waals surface area contributed by atoms with Crippen LogP contribution in [0.1, 0.15) is 6.42 Å². The lowest BCUT2D eigenvalue weighted by molar-refractivity contribution is 0.207. The van der Waals surface area contributed by atoms with Crippen LogP contribution in [0.25, 0.3) is 0 Å². The molecule has 0 aromatic rings. The van der Waals surface area contributed by atoms with Crippen LogP contribution in [0.5, 0.6) is 0 Å². The molecule has 2 nitrogen and oxygen atoms in total. The van der Waals surface area contributed by atoms with Crippen molar-refractivity contribution in [2.75, 3.05) is 6.54 Å². The van der Waals surface area contributed by atoms with Crippen LogP contribution in [0, 0.1) is 0 Å². The van der Waals surface area contributed by atoms with Gasteiger partial charge in [-0.25, -0.2) is 0 Å². The van der Waals surface area contributed by atoms with Crippen LogP contribution >= 0.6 is 12.4 Å². The van der Waals surface area contributed by atoms with Gasteiger partial charge >= 0.3 is 0 Å². The molecule has 0 amide bonds. The first kappa shape index (κ1) is 7.79. The zero-order chi connectivity index (χ0) is 5.11. The molecule has 1 aliphatic rings. The van der Waals surface area contributed by atoms with E-state index < -0.39 is 0 Å². The first-order chi connectivity index (χ1) is 3.39. The van der Waals surface area contributed by atoms with E-state index in [1.165, 1.54) is 0 Å². The fraction of sp³-hybridized carbons (Fsp3) is 0.600. The molecule has 0 bridgehead atoms. The van der Waals surface area contributed by atoms with E-state index in [9.17, 15) is 0 Å². The van der Waals surface area contributed by atoms with Crippen LogP contribution in [-0.4, -0.2) is 17.8 Å². The lowest BCUT2D eigenvalue weighted by Crippen LogP contribution is -2.19. The molecule has 0 saturated heterocycles. The topological polar surface area (TPSA) is 32.3 Å². The summed E-state index contributed by atoms with van der Waals surface area (Å²) in [6.45, 7) is 0.900. The van der Waals surface area contributed by atoms with E-state index in [0.717, 1.165) is 13.0 Å². The maximum absolute atomic E-state index is 8.78. The standard InChI is InChI=1S/C5H9NO.ClH/c7-5-1-3-6-4-2-5;/h1,3,5-7H,2,4H2;1H. The number of halogens is 1. The molecule has 2 N–H and O–H groups in total. The van der Waals surface area contributed by atoms with E-state index in [2.05, 4.69) is 5.32 Å². The zero-order valence-electron chi connectivity index (χ0n) is 4.50. The summed E-state index contributed by atoms with van der Waals surface area (Å²) < 4.78 is 0. The molecular formula is C5H10ClNO. The largest absolute Gasteiger partial charge is 0.391 e. The molecule has 0 aromatic carbocycles. The van der Waals surface area contributed by atoms with Gasteiger partial charge in [0, 0.05) is 6.54 Å². The Morgan fingerprint density at radius 2 is 2.38 bits per heavy atom. The molecule has 1 rings (SSSR count). The third-order valence-corrected chi connectivity index (χ3v) is 1.02. The van der Waals surface area contributed by atoms with E-state index in [1.54, 1.807) is 12.3 Å². The van der Waals surface area contributed by atoms with Crippen LogP contribution < -0.4 is 5.32 Å². The van der Waals surface area contributed by atoms with Gasteiger partial charge in [0.1, 0.15) is 0 Å². The molecule has 48 valence electrons. The van der Waals surface area contributed by atoms with Crippen LogP contribution in [0.3, 0.4) is 0 Å². The van der Waals surface area contributed by atoms with Crippen molar-refractivity contribution in [2.45, 2.75) is 12.5 Å². The Morgan fingerprint density at radius 3 is 2.62 bits per heavy atom. The molecule has 3 heteroatoms. The van der Waals surface area contributed by atoms with E-state index in [1.807, 2.05) is 0 Å². The van der Waals surface area contributed by atoms with E-state index in [-0.39, 0.29) is 18.5 Å². The molecule has 1 aliphatic heterocycles. The highest BCUT2D eigenvalue weighted by atomic mass is 35.5. The van der Waals surface area contributed by atoms with Crippen LogP contribution in [-0.2, 0) is 0 Å². The van der Waals surface area contributed by atoms with Gasteiger partial charge in [0.05, 0.1) is 6.10 Å². The van der Waals surface area contributed by atoms with Crippen molar-refractivity contribution in [3.05, 3.63) is 12.3 Å². The SMILES string of the molecule is Cl.OC1C=CNCC1. The van der Waals surface area contributed by atoms with Crippen molar-refractivity contribution in [3.8, 4) is 0 Å². The molecule has 8 heavy (non-hydrogen) atoms. The third kappa shape index (κ3) is 2.19. The Morgan fingerprint density at radius 1 is 1.62 bits per heavy atom. The zero-order valence-corrected chi connectivity index (χ0v) is 5.32. The summed E-state index contributed by atoms with van der Waals surface area (Å²) >= 11 is 0. The van der Waals surface area contributed by atoms with E-state index >= 15 is 0 Å². The van der Waals surface area contributed by atoms with Crippen molar-refractivity contribution in [1.29, 1.82) is 0 Å². The molecule has 0 fully saturated rings. The summed E-state index contributed by atoms with van der Waals surface area (Å²) in [6, 6.07) is 0. The second-order valence-corrected chi connectivity index (χ2v) is 1.67. The number of hydrogen-bond acceptors (Lipinski definition) is 2. The van der Waals surface area contributed by atoms with Gasteiger partial charge in [-0.15, -0.1) is 12.4 Å². The molecule has 1 unspecified atom stereocenters. The average Bonchev–Trinajstić information content (AvgIpc) is 1.69. The summed E-state index contributed by atoms with van der Waals surface area (Å²) in [5.74, 6) is 0. The molecule has 0 saturated carbocycles. The fourth-order valence-electron chi connectivity index (χ4n) is 0.590. The Bertz CT molecular complexity index is 84.5. The van der Waals surface area contributed by atoms with E-state index in [4.69, 9.17) is 5.11 Å². The van der Waals surface area contributed by atoms with Gasteiger partial charge in [0.2, 0.25) is 0 Å². The van der Waals surface area contributed by atoms with Gasteiger partial charge in [0.25, 0.3) is 0 Å². The summed E-state index contributed by atoms with van der Waals surface area (Å²) in [6.07, 6.45) is 4.18. The quantitative estimate of drug-likeness (QED) is 0.500. The highest BCUT2D eigenvalue weighted by molar-refractivity contribution is 5.85. The number of aliphatic hydroxyl groups excluding tert-OH is 1. The first-order valence-electron chi connectivity index (χ1n) is 2.48. The Labute approximate surface area is 55.0 Å². The van der Waals surface area contributed by atoms with Gasteiger partial charge in [-0.1, -0.05) is 0 Å². The second-order valence-electron chi connectivity index (χ2n) is 1.67. The average molecular weight is 136 g/mol. The number of hydrogen-bond donors (Lipinski definition) is 2. The summed E-state index contributed by atoms with van der Waals surface area (Å²) in [7, 11) is 0. The Kier molecular flexibility index (Phi) is 3.65. The number of aliphatic hydroxyl groups is 1. The molecular weight excluding hydrogens is 126 g/mol. The number of rotatable bonds is 0. The second kappa shape index (κ2) is 3.75. The Hall–Kier alpha value is -0.210. The predicted octanol–water partition coefficient (Wildman–Crippen LogP) is 0.276. The molecule has 1 heterocycles. The Balaban J connectivity index is 0.000000490. The van der Waals surface area contributed by atoms with Crippen LogP contribution in [0.15, 0.2) is 12.3 Å². The maximum Gasteiger partial charge on any atom is 0.0754 e.